The van der Waals surface area contributed by atoms with Gasteiger partial charge in [-0.05, 0) is 42.2 Å². The smallest absolute Gasteiger partial charge is 0.259 e. The number of alkyl halides is 6. The molecular formula is C30H19F9N2. The summed E-state index contributed by atoms with van der Waals surface area (Å²) in [5.41, 5.74) is -1.79. The van der Waals surface area contributed by atoms with E-state index < -0.39 is 58.6 Å². The second kappa shape index (κ2) is 10.6. The number of rotatable bonds is 6. The van der Waals surface area contributed by atoms with Gasteiger partial charge in [-0.25, -0.2) is 13.2 Å². The van der Waals surface area contributed by atoms with Gasteiger partial charge < -0.3 is 0 Å². The molecular weight excluding hydrogens is 559 g/mol. The van der Waals surface area contributed by atoms with E-state index in [4.69, 9.17) is 0 Å². The van der Waals surface area contributed by atoms with Crippen LogP contribution in [0, 0.1) is 17.5 Å². The van der Waals surface area contributed by atoms with Crippen molar-refractivity contribution in [2.75, 3.05) is 0 Å². The summed E-state index contributed by atoms with van der Waals surface area (Å²) in [5.74, 6) is -3.63. The molecule has 0 amide bonds. The summed E-state index contributed by atoms with van der Waals surface area (Å²) in [4.78, 5) is 0. The molecule has 1 aromatic heterocycles. The van der Waals surface area contributed by atoms with Gasteiger partial charge in [0.25, 0.3) is 0 Å². The summed E-state index contributed by atoms with van der Waals surface area (Å²) in [6.45, 7) is -0.650. The van der Waals surface area contributed by atoms with E-state index in [-0.39, 0.29) is 29.5 Å². The lowest BCUT2D eigenvalue weighted by molar-refractivity contribution is -0.138. The molecule has 0 aliphatic carbocycles. The van der Waals surface area contributed by atoms with Crippen molar-refractivity contribution in [2.24, 2.45) is 0 Å². The highest BCUT2D eigenvalue weighted by atomic mass is 19.4. The lowest BCUT2D eigenvalue weighted by Crippen LogP contribution is -2.10. The third-order valence-corrected chi connectivity index (χ3v) is 6.70. The Labute approximate surface area is 227 Å². The maximum Gasteiger partial charge on any atom is 0.418 e. The maximum absolute atomic E-state index is 14.5. The molecule has 0 bridgehead atoms. The molecule has 0 saturated heterocycles. The van der Waals surface area contributed by atoms with E-state index in [1.54, 1.807) is 24.3 Å². The Morgan fingerprint density at radius 3 is 1.98 bits per heavy atom. The number of nitrogens with zero attached hydrogens (tertiary/aromatic N) is 2. The Morgan fingerprint density at radius 2 is 1.29 bits per heavy atom. The molecule has 0 atom stereocenters. The molecule has 41 heavy (non-hydrogen) atoms. The van der Waals surface area contributed by atoms with E-state index in [0.717, 1.165) is 16.8 Å². The van der Waals surface area contributed by atoms with Crippen LogP contribution >= 0.6 is 0 Å². The minimum absolute atomic E-state index is 0.0311. The first-order valence-corrected chi connectivity index (χ1v) is 12.3. The van der Waals surface area contributed by atoms with E-state index in [2.05, 4.69) is 5.10 Å². The lowest BCUT2D eigenvalue weighted by Gasteiger charge is -2.13. The quantitative estimate of drug-likeness (QED) is 0.184. The van der Waals surface area contributed by atoms with Crippen molar-refractivity contribution in [1.29, 1.82) is 0 Å². The number of hydrogen-bond donors (Lipinski definition) is 0. The van der Waals surface area contributed by atoms with Gasteiger partial charge in [0.05, 0.1) is 23.4 Å². The van der Waals surface area contributed by atoms with Crippen LogP contribution in [0.5, 0.6) is 0 Å². The van der Waals surface area contributed by atoms with E-state index in [9.17, 15) is 39.5 Å². The van der Waals surface area contributed by atoms with Crippen molar-refractivity contribution in [3.63, 3.8) is 0 Å². The van der Waals surface area contributed by atoms with Crippen molar-refractivity contribution in [2.45, 2.75) is 31.7 Å². The monoisotopic (exact) mass is 578 g/mol. The molecule has 0 fully saturated rings. The zero-order valence-electron chi connectivity index (χ0n) is 20.9. The normalized spacial score (nSPS) is 12.3. The minimum Gasteiger partial charge on any atom is -0.259 e. The van der Waals surface area contributed by atoms with E-state index in [1.165, 1.54) is 30.3 Å². The number of hydrogen-bond acceptors (Lipinski definition) is 1. The molecule has 0 aliphatic heterocycles. The van der Waals surface area contributed by atoms with Crippen LogP contribution in [0.1, 0.15) is 27.8 Å². The van der Waals surface area contributed by atoms with Crippen LogP contribution in [0.4, 0.5) is 39.5 Å². The van der Waals surface area contributed by atoms with Crippen LogP contribution < -0.4 is 0 Å². The van der Waals surface area contributed by atoms with Gasteiger partial charge in [-0.1, -0.05) is 48.5 Å². The van der Waals surface area contributed by atoms with Crippen LogP contribution in [0.3, 0.4) is 0 Å². The van der Waals surface area contributed by atoms with Crippen molar-refractivity contribution >= 4 is 10.9 Å². The first-order chi connectivity index (χ1) is 19.3. The largest absolute Gasteiger partial charge is 0.418 e. The molecule has 5 aromatic rings. The summed E-state index contributed by atoms with van der Waals surface area (Å²) < 4.78 is 125. The molecule has 0 N–H and O–H groups in total. The van der Waals surface area contributed by atoms with Gasteiger partial charge in [0.1, 0.15) is 23.0 Å². The van der Waals surface area contributed by atoms with Gasteiger partial charge in [-0.3, -0.25) is 4.68 Å². The first-order valence-electron chi connectivity index (χ1n) is 12.3. The van der Waals surface area contributed by atoms with Crippen molar-refractivity contribution < 1.29 is 39.5 Å². The standard InChI is InChI=1S/C30H19F9N2/c31-20-14-25(32)22(26(33)15-20)16-41-28(21-8-4-10-24(27(21)40-41)30(37,38)39)19-7-3-5-17(13-19)11-12-18-6-1-2-9-23(18)29(34,35)36/h1-10,13-15H,11-12,16H2. The van der Waals surface area contributed by atoms with E-state index in [0.29, 0.717) is 23.3 Å². The molecule has 11 heteroatoms. The average Bonchev–Trinajstić information content (AvgIpc) is 3.27. The highest BCUT2D eigenvalue weighted by Crippen LogP contribution is 2.39. The van der Waals surface area contributed by atoms with Gasteiger partial charge in [0.15, 0.2) is 0 Å². The summed E-state index contributed by atoms with van der Waals surface area (Å²) in [6, 6.07) is 15.8. The van der Waals surface area contributed by atoms with E-state index >= 15 is 0 Å². The molecule has 0 saturated carbocycles. The second-order valence-electron chi connectivity index (χ2n) is 9.41. The molecule has 0 unspecified atom stereocenters. The van der Waals surface area contributed by atoms with Gasteiger partial charge in [0, 0.05) is 28.6 Å². The Bertz CT molecular complexity index is 1710. The molecule has 5 rings (SSSR count). The minimum atomic E-state index is -4.78. The molecule has 0 radical (unpaired) electrons. The number of fused-ring (bicyclic) bond motifs is 1. The SMILES string of the molecule is Fc1cc(F)c(Cn2nc3c(C(F)(F)F)cccc3c2-c2cccc(CCc3ccccc3C(F)(F)F)c2)c(F)c1. The molecule has 2 nitrogen and oxygen atoms in total. The number of aryl methyl sites for hydroxylation is 2. The van der Waals surface area contributed by atoms with Crippen molar-refractivity contribution in [3.05, 3.63) is 124 Å². The van der Waals surface area contributed by atoms with Gasteiger partial charge in [0.2, 0.25) is 0 Å². The van der Waals surface area contributed by atoms with Gasteiger partial charge in [-0.15, -0.1) is 0 Å². The molecule has 0 aliphatic rings. The summed E-state index contributed by atoms with van der Waals surface area (Å²) >= 11 is 0. The summed E-state index contributed by atoms with van der Waals surface area (Å²) in [6.07, 6.45) is -9.12. The zero-order chi connectivity index (χ0) is 29.5. The third-order valence-electron chi connectivity index (χ3n) is 6.70. The van der Waals surface area contributed by atoms with Crippen molar-refractivity contribution in [1.82, 2.24) is 9.78 Å². The highest BCUT2D eigenvalue weighted by Gasteiger charge is 2.35. The first kappa shape index (κ1) is 28.3. The average molecular weight is 578 g/mol. The Kier molecular flexibility index (Phi) is 7.31. The number of aromatic nitrogens is 2. The predicted octanol–water partition coefficient (Wildman–Crippen LogP) is 8.99. The number of benzene rings is 4. The van der Waals surface area contributed by atoms with Gasteiger partial charge >= 0.3 is 12.4 Å². The maximum atomic E-state index is 14.5. The highest BCUT2D eigenvalue weighted by molar-refractivity contribution is 5.95. The Morgan fingerprint density at radius 1 is 0.659 bits per heavy atom. The van der Waals surface area contributed by atoms with Crippen molar-refractivity contribution in [3.8, 4) is 11.3 Å². The van der Waals surface area contributed by atoms with E-state index in [1.807, 2.05) is 0 Å². The molecule has 1 heterocycles. The molecule has 4 aromatic carbocycles. The summed E-state index contributed by atoms with van der Waals surface area (Å²) in [5, 5.41) is 4.11. The fraction of sp³-hybridized carbons (Fsp3) is 0.167. The van der Waals surface area contributed by atoms with Crippen LogP contribution in [0.15, 0.2) is 78.9 Å². The van der Waals surface area contributed by atoms with Gasteiger partial charge in [-0.2, -0.15) is 31.4 Å². The molecule has 0 spiro atoms. The fourth-order valence-corrected chi connectivity index (χ4v) is 4.84. The lowest BCUT2D eigenvalue weighted by atomic mass is 9.97. The third kappa shape index (κ3) is 5.79. The fourth-order valence-electron chi connectivity index (χ4n) is 4.84. The van der Waals surface area contributed by atoms with Crippen LogP contribution in [-0.4, -0.2) is 9.78 Å². The number of halogens is 9. The zero-order valence-corrected chi connectivity index (χ0v) is 20.9. The molecule has 212 valence electrons. The topological polar surface area (TPSA) is 17.8 Å². The Balaban J connectivity index is 1.60. The Hall–Kier alpha value is -4.28. The second-order valence-corrected chi connectivity index (χ2v) is 9.41. The predicted molar refractivity (Wildman–Crippen MR) is 134 cm³/mol. The van der Waals surface area contributed by atoms with Crippen LogP contribution in [0.2, 0.25) is 0 Å². The van der Waals surface area contributed by atoms with Crippen LogP contribution in [0.25, 0.3) is 22.2 Å². The summed E-state index contributed by atoms with van der Waals surface area (Å²) in [7, 11) is 0. The van der Waals surface area contributed by atoms with Crippen LogP contribution in [-0.2, 0) is 31.7 Å².